The minimum atomic E-state index is 0.151. The first kappa shape index (κ1) is 18.0. The van der Waals surface area contributed by atoms with Gasteiger partial charge in [0.25, 0.3) is 5.22 Å². The number of piperidine rings is 1. The van der Waals surface area contributed by atoms with Crippen molar-refractivity contribution in [2.24, 2.45) is 0 Å². The van der Waals surface area contributed by atoms with Crippen LogP contribution in [0.1, 0.15) is 51.5 Å². The number of thioether (sulfide) groups is 1. The van der Waals surface area contributed by atoms with E-state index in [1.165, 1.54) is 23.7 Å². The highest BCUT2D eigenvalue weighted by Crippen LogP contribution is 2.24. The van der Waals surface area contributed by atoms with Crippen molar-refractivity contribution in [2.45, 2.75) is 57.2 Å². The van der Waals surface area contributed by atoms with E-state index in [1.54, 1.807) is 0 Å². The summed E-state index contributed by atoms with van der Waals surface area (Å²) >= 11 is 1.32. The third-order valence-corrected chi connectivity index (χ3v) is 5.49. The van der Waals surface area contributed by atoms with Crippen molar-refractivity contribution >= 4 is 17.7 Å². The number of aromatic nitrogens is 2. The fourth-order valence-corrected chi connectivity index (χ4v) is 3.73. The predicted octanol–water partition coefficient (Wildman–Crippen LogP) is 4.35. The molecule has 134 valence electrons. The van der Waals surface area contributed by atoms with Gasteiger partial charge in [0.05, 0.1) is 5.75 Å². The molecule has 25 heavy (non-hydrogen) atoms. The molecule has 0 N–H and O–H groups in total. The molecule has 6 heteroatoms. The van der Waals surface area contributed by atoms with Crippen LogP contribution in [0.5, 0.6) is 0 Å². The van der Waals surface area contributed by atoms with Gasteiger partial charge in [0.1, 0.15) is 0 Å². The second kappa shape index (κ2) is 8.04. The smallest absolute Gasteiger partial charge is 0.286 e. The summed E-state index contributed by atoms with van der Waals surface area (Å²) in [5, 5.41) is 4.48. The van der Waals surface area contributed by atoms with Gasteiger partial charge in [-0.05, 0) is 37.7 Å². The maximum absolute atomic E-state index is 12.4. The van der Waals surface area contributed by atoms with Crippen LogP contribution >= 0.6 is 11.8 Å². The van der Waals surface area contributed by atoms with Crippen LogP contribution < -0.4 is 0 Å². The van der Waals surface area contributed by atoms with E-state index in [0.29, 0.717) is 28.8 Å². The van der Waals surface area contributed by atoms with E-state index in [1.807, 2.05) is 17.0 Å². The van der Waals surface area contributed by atoms with Gasteiger partial charge in [-0.2, -0.15) is 4.98 Å². The second-order valence-electron chi connectivity index (χ2n) is 6.88. The Morgan fingerprint density at radius 1 is 1.32 bits per heavy atom. The highest BCUT2D eigenvalue weighted by Gasteiger charge is 2.23. The summed E-state index contributed by atoms with van der Waals surface area (Å²) in [6, 6.07) is 8.53. The molecule has 1 aromatic carbocycles. The molecular formula is C19H25N3O2S. The summed E-state index contributed by atoms with van der Waals surface area (Å²) in [6.45, 7) is 7.31. The minimum absolute atomic E-state index is 0.151. The minimum Gasteiger partial charge on any atom is -0.339 e. The van der Waals surface area contributed by atoms with Crippen LogP contribution in [0.3, 0.4) is 0 Å². The Labute approximate surface area is 153 Å². The van der Waals surface area contributed by atoms with E-state index < -0.39 is 0 Å². The molecule has 1 fully saturated rings. The van der Waals surface area contributed by atoms with Gasteiger partial charge in [-0.25, -0.2) is 0 Å². The lowest BCUT2D eigenvalue weighted by atomic mass is 10.0. The van der Waals surface area contributed by atoms with Crippen molar-refractivity contribution < 1.29 is 9.32 Å². The van der Waals surface area contributed by atoms with Crippen molar-refractivity contribution in [1.29, 1.82) is 0 Å². The standard InChI is InChI=1S/C19H25N3O2S/c1-13(2)15-7-9-16(10-8-15)18-20-19(24-21-18)25-12-17(23)22-11-5-4-6-14(22)3/h7-10,13-14H,4-6,11-12H2,1-3H3/t14-/m1/s1. The molecule has 0 unspecified atom stereocenters. The predicted molar refractivity (Wildman–Crippen MR) is 99.6 cm³/mol. The molecule has 1 saturated heterocycles. The first-order valence-corrected chi connectivity index (χ1v) is 9.89. The Balaban J connectivity index is 1.59. The molecule has 1 atom stereocenters. The van der Waals surface area contributed by atoms with E-state index in [9.17, 15) is 4.79 Å². The number of carbonyl (C=O) groups is 1. The number of hydrogen-bond acceptors (Lipinski definition) is 5. The molecule has 0 radical (unpaired) electrons. The number of amides is 1. The van der Waals surface area contributed by atoms with Crippen molar-refractivity contribution in [3.05, 3.63) is 29.8 Å². The third kappa shape index (κ3) is 4.42. The summed E-state index contributed by atoms with van der Waals surface area (Å²) < 4.78 is 5.29. The number of likely N-dealkylation sites (tertiary alicyclic amines) is 1. The molecule has 5 nitrogen and oxygen atoms in total. The average molecular weight is 359 g/mol. The van der Waals surface area contributed by atoms with Crippen molar-refractivity contribution in [2.75, 3.05) is 12.3 Å². The number of rotatable bonds is 5. The number of hydrogen-bond donors (Lipinski definition) is 0. The summed E-state index contributed by atoms with van der Waals surface area (Å²) in [4.78, 5) is 18.8. The van der Waals surface area contributed by atoms with Crippen LogP contribution in [0.4, 0.5) is 0 Å². The highest BCUT2D eigenvalue weighted by atomic mass is 32.2. The lowest BCUT2D eigenvalue weighted by Gasteiger charge is -2.33. The number of benzene rings is 1. The van der Waals surface area contributed by atoms with Crippen molar-refractivity contribution in [3.63, 3.8) is 0 Å². The maximum atomic E-state index is 12.4. The molecule has 1 aromatic heterocycles. The molecule has 1 aliphatic heterocycles. The lowest BCUT2D eigenvalue weighted by molar-refractivity contribution is -0.131. The zero-order valence-electron chi connectivity index (χ0n) is 15.1. The first-order valence-electron chi connectivity index (χ1n) is 8.91. The van der Waals surface area contributed by atoms with Crippen LogP contribution in [0, 0.1) is 0 Å². The fourth-order valence-electron chi connectivity index (χ4n) is 3.08. The molecule has 1 amide bonds. The molecule has 0 spiro atoms. The van der Waals surface area contributed by atoms with Gasteiger partial charge in [-0.1, -0.05) is 55.0 Å². The van der Waals surface area contributed by atoms with Gasteiger partial charge in [0, 0.05) is 18.2 Å². The van der Waals surface area contributed by atoms with Gasteiger partial charge < -0.3 is 9.42 Å². The van der Waals surface area contributed by atoms with Gasteiger partial charge in [0.2, 0.25) is 11.7 Å². The van der Waals surface area contributed by atoms with E-state index in [4.69, 9.17) is 4.52 Å². The Kier molecular flexibility index (Phi) is 5.78. The SMILES string of the molecule is CC(C)c1ccc(-c2noc(SCC(=O)N3CCCC[C@H]3C)n2)cc1. The quantitative estimate of drug-likeness (QED) is 0.743. The molecular weight excluding hydrogens is 334 g/mol. The van der Waals surface area contributed by atoms with E-state index >= 15 is 0 Å². The van der Waals surface area contributed by atoms with Crippen LogP contribution in [0.2, 0.25) is 0 Å². The summed E-state index contributed by atoms with van der Waals surface area (Å²) in [6.07, 6.45) is 3.39. The van der Waals surface area contributed by atoms with Gasteiger partial charge in [-0.15, -0.1) is 0 Å². The van der Waals surface area contributed by atoms with E-state index in [2.05, 4.69) is 43.0 Å². The molecule has 0 aliphatic carbocycles. The summed E-state index contributed by atoms with van der Waals surface area (Å²) in [5.41, 5.74) is 2.21. The van der Waals surface area contributed by atoms with Crippen LogP contribution in [0.25, 0.3) is 11.4 Å². The average Bonchev–Trinajstić information content (AvgIpc) is 3.09. The highest BCUT2D eigenvalue weighted by molar-refractivity contribution is 7.99. The molecule has 2 heterocycles. The molecule has 1 aliphatic rings. The largest absolute Gasteiger partial charge is 0.339 e. The molecule has 2 aromatic rings. The van der Waals surface area contributed by atoms with E-state index in [0.717, 1.165) is 24.9 Å². The fraction of sp³-hybridized carbons (Fsp3) is 0.526. The Morgan fingerprint density at radius 3 is 2.76 bits per heavy atom. The molecule has 0 saturated carbocycles. The summed E-state index contributed by atoms with van der Waals surface area (Å²) in [7, 11) is 0. The number of carbonyl (C=O) groups excluding carboxylic acids is 1. The zero-order chi connectivity index (χ0) is 17.8. The zero-order valence-corrected chi connectivity index (χ0v) is 15.9. The van der Waals surface area contributed by atoms with Crippen molar-refractivity contribution in [1.82, 2.24) is 15.0 Å². The first-order chi connectivity index (χ1) is 12.0. The Hall–Kier alpha value is -1.82. The topological polar surface area (TPSA) is 59.2 Å². The molecule has 0 bridgehead atoms. The Bertz CT molecular complexity index is 712. The molecule has 3 rings (SSSR count). The third-order valence-electron chi connectivity index (χ3n) is 4.69. The van der Waals surface area contributed by atoms with Gasteiger partial charge >= 0.3 is 0 Å². The van der Waals surface area contributed by atoms with Crippen LogP contribution in [0.15, 0.2) is 34.0 Å². The normalized spacial score (nSPS) is 17.9. The van der Waals surface area contributed by atoms with Gasteiger partial charge in [0.15, 0.2) is 0 Å². The monoisotopic (exact) mass is 359 g/mol. The second-order valence-corrected chi connectivity index (χ2v) is 7.81. The maximum Gasteiger partial charge on any atom is 0.286 e. The summed E-state index contributed by atoms with van der Waals surface area (Å²) in [5.74, 6) is 1.56. The number of nitrogens with zero attached hydrogens (tertiary/aromatic N) is 3. The lowest BCUT2D eigenvalue weighted by Crippen LogP contribution is -2.42. The van der Waals surface area contributed by atoms with Crippen LogP contribution in [-0.2, 0) is 4.79 Å². The van der Waals surface area contributed by atoms with E-state index in [-0.39, 0.29) is 5.91 Å². The van der Waals surface area contributed by atoms with Gasteiger partial charge in [-0.3, -0.25) is 4.79 Å². The Morgan fingerprint density at radius 2 is 2.08 bits per heavy atom. The van der Waals surface area contributed by atoms with Crippen LogP contribution in [-0.4, -0.2) is 39.3 Å². The van der Waals surface area contributed by atoms with Crippen molar-refractivity contribution in [3.8, 4) is 11.4 Å².